The normalized spacial score (nSPS) is 19.3. The van der Waals surface area contributed by atoms with Crippen LogP contribution in [0.2, 0.25) is 0 Å². The van der Waals surface area contributed by atoms with Crippen molar-refractivity contribution >= 4 is 5.97 Å². The Labute approximate surface area is 107 Å². The number of aliphatic carboxylic acids is 1. The molecule has 1 saturated heterocycles. The second-order valence-corrected chi connectivity index (χ2v) is 4.68. The van der Waals surface area contributed by atoms with E-state index in [1.807, 2.05) is 35.2 Å². The van der Waals surface area contributed by atoms with E-state index in [0.29, 0.717) is 13.1 Å². The first-order valence-electron chi connectivity index (χ1n) is 6.34. The topological polar surface area (TPSA) is 49.8 Å². The molecular weight excluding hydrogens is 230 g/mol. The summed E-state index contributed by atoms with van der Waals surface area (Å²) < 4.78 is 5.57. The van der Waals surface area contributed by atoms with Crippen LogP contribution in [0.4, 0.5) is 0 Å². The maximum Gasteiger partial charge on any atom is 0.317 e. The number of hydrogen-bond acceptors (Lipinski definition) is 3. The summed E-state index contributed by atoms with van der Waals surface area (Å²) in [5, 5.41) is 8.95. The van der Waals surface area contributed by atoms with E-state index in [4.69, 9.17) is 9.84 Å². The molecule has 98 valence electrons. The second kappa shape index (κ2) is 6.52. The molecule has 0 saturated carbocycles. The molecule has 1 aliphatic rings. The van der Waals surface area contributed by atoms with Crippen LogP contribution in [0.5, 0.6) is 0 Å². The lowest BCUT2D eigenvalue weighted by atomic mass is 10.2. The largest absolute Gasteiger partial charge is 0.480 e. The fraction of sp³-hybridized carbons (Fsp3) is 0.500. The fourth-order valence-corrected chi connectivity index (χ4v) is 2.29. The van der Waals surface area contributed by atoms with Gasteiger partial charge in [0.15, 0.2) is 0 Å². The third kappa shape index (κ3) is 4.13. The summed E-state index contributed by atoms with van der Waals surface area (Å²) in [5.41, 5.74) is 1.14. The van der Waals surface area contributed by atoms with Crippen molar-refractivity contribution in [1.29, 1.82) is 0 Å². The van der Waals surface area contributed by atoms with E-state index in [1.165, 1.54) is 0 Å². The Morgan fingerprint density at radius 3 is 2.78 bits per heavy atom. The van der Waals surface area contributed by atoms with Crippen LogP contribution in [0.25, 0.3) is 0 Å². The van der Waals surface area contributed by atoms with Gasteiger partial charge in [0.1, 0.15) is 0 Å². The van der Waals surface area contributed by atoms with Crippen molar-refractivity contribution in [3.05, 3.63) is 35.9 Å². The molecule has 1 aromatic carbocycles. The number of benzene rings is 1. The van der Waals surface area contributed by atoms with Crippen molar-refractivity contribution in [2.45, 2.75) is 25.5 Å². The summed E-state index contributed by atoms with van der Waals surface area (Å²) in [6.45, 7) is 2.22. The van der Waals surface area contributed by atoms with Crippen LogP contribution in [-0.2, 0) is 16.1 Å². The third-order valence-corrected chi connectivity index (χ3v) is 3.09. The average molecular weight is 249 g/mol. The summed E-state index contributed by atoms with van der Waals surface area (Å²) in [7, 11) is 0. The zero-order valence-electron chi connectivity index (χ0n) is 10.4. The highest BCUT2D eigenvalue weighted by Gasteiger charge is 2.20. The zero-order chi connectivity index (χ0) is 12.8. The van der Waals surface area contributed by atoms with Gasteiger partial charge in [0.25, 0.3) is 0 Å². The molecule has 0 aliphatic carbocycles. The smallest absolute Gasteiger partial charge is 0.317 e. The molecule has 0 bridgehead atoms. The molecule has 0 radical (unpaired) electrons. The Hall–Kier alpha value is -1.39. The van der Waals surface area contributed by atoms with E-state index in [-0.39, 0.29) is 12.6 Å². The van der Waals surface area contributed by atoms with Gasteiger partial charge in [-0.2, -0.15) is 0 Å². The lowest BCUT2D eigenvalue weighted by molar-refractivity contribution is -0.138. The predicted molar refractivity (Wildman–Crippen MR) is 68.3 cm³/mol. The van der Waals surface area contributed by atoms with Gasteiger partial charge >= 0.3 is 5.97 Å². The number of carbonyl (C=O) groups is 1. The molecule has 1 aromatic rings. The van der Waals surface area contributed by atoms with E-state index >= 15 is 0 Å². The number of ether oxygens (including phenoxy) is 1. The van der Waals surface area contributed by atoms with Gasteiger partial charge < -0.3 is 9.84 Å². The minimum Gasteiger partial charge on any atom is -0.480 e. The maximum absolute atomic E-state index is 10.9. The summed E-state index contributed by atoms with van der Waals surface area (Å²) in [4.78, 5) is 12.8. The van der Waals surface area contributed by atoms with Crippen LogP contribution >= 0.6 is 0 Å². The van der Waals surface area contributed by atoms with E-state index in [9.17, 15) is 4.79 Å². The molecule has 1 heterocycles. The molecule has 2 rings (SSSR count). The molecule has 4 heteroatoms. The molecule has 1 fully saturated rings. The standard InChI is InChI=1S/C14H19NO3/c16-14(17)11-15(10-13-7-4-8-18-13)9-12-5-2-1-3-6-12/h1-3,5-6,13H,4,7-11H2,(H,16,17). The van der Waals surface area contributed by atoms with Gasteiger partial charge in [0, 0.05) is 19.7 Å². The summed E-state index contributed by atoms with van der Waals surface area (Å²) in [6.07, 6.45) is 2.30. The van der Waals surface area contributed by atoms with Gasteiger partial charge in [0.05, 0.1) is 12.6 Å². The number of carboxylic acid groups (broad SMARTS) is 1. The van der Waals surface area contributed by atoms with E-state index < -0.39 is 5.97 Å². The van der Waals surface area contributed by atoms with E-state index in [1.54, 1.807) is 0 Å². The molecule has 1 N–H and O–H groups in total. The SMILES string of the molecule is O=C(O)CN(Cc1ccccc1)CC1CCCO1. The fourth-order valence-electron chi connectivity index (χ4n) is 2.29. The van der Waals surface area contributed by atoms with Gasteiger partial charge in [-0.15, -0.1) is 0 Å². The first-order valence-corrected chi connectivity index (χ1v) is 6.34. The van der Waals surface area contributed by atoms with Crippen molar-refractivity contribution in [2.75, 3.05) is 19.7 Å². The first kappa shape index (κ1) is 13.1. The molecule has 1 atom stereocenters. The van der Waals surface area contributed by atoms with Gasteiger partial charge in [-0.3, -0.25) is 9.69 Å². The predicted octanol–water partition coefficient (Wildman–Crippen LogP) is 1.75. The van der Waals surface area contributed by atoms with Gasteiger partial charge in [0.2, 0.25) is 0 Å². The minimum absolute atomic E-state index is 0.0642. The Morgan fingerprint density at radius 2 is 2.17 bits per heavy atom. The first-order chi connectivity index (χ1) is 8.74. The van der Waals surface area contributed by atoms with Gasteiger partial charge in [-0.1, -0.05) is 30.3 Å². The monoisotopic (exact) mass is 249 g/mol. The van der Waals surface area contributed by atoms with Crippen molar-refractivity contribution in [1.82, 2.24) is 4.90 Å². The summed E-state index contributed by atoms with van der Waals surface area (Å²) in [6, 6.07) is 9.94. The molecule has 1 aliphatic heterocycles. The molecule has 0 aromatic heterocycles. The molecule has 4 nitrogen and oxygen atoms in total. The second-order valence-electron chi connectivity index (χ2n) is 4.68. The lowest BCUT2D eigenvalue weighted by Crippen LogP contribution is -2.35. The van der Waals surface area contributed by atoms with Crippen LogP contribution < -0.4 is 0 Å². The number of rotatable bonds is 6. The van der Waals surface area contributed by atoms with Crippen LogP contribution in [0.1, 0.15) is 18.4 Å². The third-order valence-electron chi connectivity index (χ3n) is 3.09. The maximum atomic E-state index is 10.9. The number of nitrogens with zero attached hydrogens (tertiary/aromatic N) is 1. The van der Waals surface area contributed by atoms with Crippen LogP contribution in [0.15, 0.2) is 30.3 Å². The molecule has 18 heavy (non-hydrogen) atoms. The van der Waals surface area contributed by atoms with Crippen LogP contribution in [0, 0.1) is 0 Å². The van der Waals surface area contributed by atoms with Crippen molar-refractivity contribution in [3.8, 4) is 0 Å². The highest BCUT2D eigenvalue weighted by Crippen LogP contribution is 2.14. The molecule has 1 unspecified atom stereocenters. The number of carboxylic acids is 1. The van der Waals surface area contributed by atoms with E-state index in [0.717, 1.165) is 25.0 Å². The molecule has 0 spiro atoms. The van der Waals surface area contributed by atoms with Crippen molar-refractivity contribution in [3.63, 3.8) is 0 Å². The lowest BCUT2D eigenvalue weighted by Gasteiger charge is -2.23. The molecular formula is C14H19NO3. The molecule has 0 amide bonds. The van der Waals surface area contributed by atoms with Crippen molar-refractivity contribution in [2.24, 2.45) is 0 Å². The Bertz CT molecular complexity index is 374. The van der Waals surface area contributed by atoms with Gasteiger partial charge in [-0.25, -0.2) is 0 Å². The quantitative estimate of drug-likeness (QED) is 0.834. The summed E-state index contributed by atoms with van der Waals surface area (Å²) in [5.74, 6) is -0.788. The Kier molecular flexibility index (Phi) is 4.73. The van der Waals surface area contributed by atoms with Crippen molar-refractivity contribution < 1.29 is 14.6 Å². The Balaban J connectivity index is 1.93. The summed E-state index contributed by atoms with van der Waals surface area (Å²) >= 11 is 0. The highest BCUT2D eigenvalue weighted by atomic mass is 16.5. The Morgan fingerprint density at radius 1 is 1.39 bits per heavy atom. The zero-order valence-corrected chi connectivity index (χ0v) is 10.4. The van der Waals surface area contributed by atoms with Crippen LogP contribution in [-0.4, -0.2) is 41.8 Å². The van der Waals surface area contributed by atoms with Crippen LogP contribution in [0.3, 0.4) is 0 Å². The highest BCUT2D eigenvalue weighted by molar-refractivity contribution is 5.69. The minimum atomic E-state index is -0.788. The van der Waals surface area contributed by atoms with Gasteiger partial charge in [-0.05, 0) is 18.4 Å². The number of hydrogen-bond donors (Lipinski definition) is 1. The van der Waals surface area contributed by atoms with E-state index in [2.05, 4.69) is 0 Å². The average Bonchev–Trinajstić information content (AvgIpc) is 2.82.